The standard InChI is InChI=1S/C13H18N2O8/c1-2-9(18)21-6-22-11-10(19)7(5-16)23-12(11)15-4-3-8(17)14-13(15)20/h3-4,7,10-12,16,19H,2,5-6H2,1H3,(H,14,17,20)/t7-,10?,11?,12-/m1/s1. The molecular formula is C13H18N2O8. The van der Waals surface area contributed by atoms with Crippen molar-refractivity contribution in [2.75, 3.05) is 13.4 Å². The lowest BCUT2D eigenvalue weighted by Gasteiger charge is -2.21. The van der Waals surface area contributed by atoms with Gasteiger partial charge in [0.05, 0.1) is 6.61 Å². The minimum atomic E-state index is -1.25. The quantitative estimate of drug-likeness (QED) is 0.405. The summed E-state index contributed by atoms with van der Waals surface area (Å²) in [6, 6.07) is 1.11. The molecule has 1 aliphatic rings. The third-order valence-corrected chi connectivity index (χ3v) is 3.39. The van der Waals surface area contributed by atoms with E-state index in [1.54, 1.807) is 6.92 Å². The average Bonchev–Trinajstić information content (AvgIpc) is 2.83. The molecule has 3 N–H and O–H groups in total. The highest BCUT2D eigenvalue weighted by Crippen LogP contribution is 2.30. The molecule has 1 aliphatic heterocycles. The Morgan fingerprint density at radius 1 is 1.48 bits per heavy atom. The highest BCUT2D eigenvalue weighted by Gasteiger charge is 2.45. The molecule has 0 amide bonds. The first-order valence-electron chi connectivity index (χ1n) is 7.01. The maximum atomic E-state index is 11.8. The maximum Gasteiger partial charge on any atom is 0.330 e. The van der Waals surface area contributed by atoms with Gasteiger partial charge >= 0.3 is 11.7 Å². The molecule has 2 rings (SSSR count). The van der Waals surface area contributed by atoms with Crippen molar-refractivity contribution in [1.29, 1.82) is 0 Å². The normalized spacial score (nSPS) is 27.1. The van der Waals surface area contributed by atoms with Crippen LogP contribution in [0.4, 0.5) is 0 Å². The Balaban J connectivity index is 2.18. The van der Waals surface area contributed by atoms with Crippen molar-refractivity contribution in [1.82, 2.24) is 9.55 Å². The molecule has 128 valence electrons. The second-order valence-corrected chi connectivity index (χ2v) is 4.87. The molecule has 1 aromatic rings. The van der Waals surface area contributed by atoms with Crippen LogP contribution in [-0.4, -0.2) is 57.4 Å². The lowest BCUT2D eigenvalue weighted by atomic mass is 10.1. The van der Waals surface area contributed by atoms with Gasteiger partial charge in [-0.2, -0.15) is 0 Å². The number of carbonyl (C=O) groups is 1. The van der Waals surface area contributed by atoms with Crippen molar-refractivity contribution in [2.45, 2.75) is 37.9 Å². The van der Waals surface area contributed by atoms with Crippen LogP contribution >= 0.6 is 0 Å². The van der Waals surface area contributed by atoms with Crippen molar-refractivity contribution in [3.63, 3.8) is 0 Å². The van der Waals surface area contributed by atoms with Crippen LogP contribution in [0.5, 0.6) is 0 Å². The van der Waals surface area contributed by atoms with E-state index in [-0.39, 0.29) is 6.42 Å². The van der Waals surface area contributed by atoms with Crippen molar-refractivity contribution >= 4 is 5.97 Å². The van der Waals surface area contributed by atoms with Crippen LogP contribution in [0.25, 0.3) is 0 Å². The maximum absolute atomic E-state index is 11.8. The van der Waals surface area contributed by atoms with Gasteiger partial charge in [0.1, 0.15) is 18.3 Å². The molecule has 10 nitrogen and oxygen atoms in total. The molecule has 0 radical (unpaired) electrons. The van der Waals surface area contributed by atoms with E-state index in [4.69, 9.17) is 14.2 Å². The van der Waals surface area contributed by atoms with Crippen molar-refractivity contribution in [2.24, 2.45) is 0 Å². The minimum Gasteiger partial charge on any atom is -0.438 e. The largest absolute Gasteiger partial charge is 0.438 e. The first kappa shape index (κ1) is 17.3. The molecule has 0 aliphatic carbocycles. The summed E-state index contributed by atoms with van der Waals surface area (Å²) < 4.78 is 16.5. The van der Waals surface area contributed by atoms with E-state index in [1.807, 2.05) is 0 Å². The fourth-order valence-corrected chi connectivity index (χ4v) is 2.18. The molecule has 10 heteroatoms. The summed E-state index contributed by atoms with van der Waals surface area (Å²) in [5.41, 5.74) is -1.34. The van der Waals surface area contributed by atoms with Crippen molar-refractivity contribution in [3.05, 3.63) is 33.1 Å². The summed E-state index contributed by atoms with van der Waals surface area (Å²) in [6.45, 7) is 0.676. The molecule has 0 spiro atoms. The first-order chi connectivity index (χ1) is 11.0. The Morgan fingerprint density at radius 3 is 2.83 bits per heavy atom. The number of nitrogens with one attached hydrogen (secondary N) is 1. The number of H-pyrrole nitrogens is 1. The lowest BCUT2D eigenvalue weighted by molar-refractivity contribution is -0.171. The van der Waals surface area contributed by atoms with Gasteiger partial charge in [0.2, 0.25) is 0 Å². The van der Waals surface area contributed by atoms with Gasteiger partial charge in [-0.1, -0.05) is 6.92 Å². The van der Waals surface area contributed by atoms with Crippen LogP contribution in [0, 0.1) is 0 Å². The highest BCUT2D eigenvalue weighted by atomic mass is 16.7. The third kappa shape index (κ3) is 3.85. The average molecular weight is 330 g/mol. The van der Waals surface area contributed by atoms with E-state index >= 15 is 0 Å². The van der Waals surface area contributed by atoms with Crippen LogP contribution in [-0.2, 0) is 19.0 Å². The van der Waals surface area contributed by atoms with Crippen LogP contribution in [0.15, 0.2) is 21.9 Å². The number of aromatic nitrogens is 2. The van der Waals surface area contributed by atoms with Crippen LogP contribution in [0.1, 0.15) is 19.6 Å². The number of esters is 1. The van der Waals surface area contributed by atoms with Crippen LogP contribution in [0.2, 0.25) is 0 Å². The molecule has 23 heavy (non-hydrogen) atoms. The number of aromatic amines is 1. The Labute approximate surface area is 130 Å². The minimum absolute atomic E-state index is 0.162. The Morgan fingerprint density at radius 2 is 2.22 bits per heavy atom. The third-order valence-electron chi connectivity index (χ3n) is 3.39. The predicted octanol–water partition coefficient (Wildman–Crippen LogP) is -1.92. The van der Waals surface area contributed by atoms with Gasteiger partial charge in [-0.15, -0.1) is 0 Å². The molecular weight excluding hydrogens is 312 g/mol. The van der Waals surface area contributed by atoms with Gasteiger partial charge in [0.25, 0.3) is 5.56 Å². The van der Waals surface area contributed by atoms with E-state index in [9.17, 15) is 24.6 Å². The summed E-state index contributed by atoms with van der Waals surface area (Å²) in [5.74, 6) is -0.491. The Kier molecular flexibility index (Phi) is 5.66. The van der Waals surface area contributed by atoms with Gasteiger partial charge in [0.15, 0.2) is 13.0 Å². The highest BCUT2D eigenvalue weighted by molar-refractivity contribution is 5.68. The van der Waals surface area contributed by atoms with Gasteiger partial charge in [-0.3, -0.25) is 19.1 Å². The monoisotopic (exact) mass is 330 g/mol. The predicted molar refractivity (Wildman–Crippen MR) is 74.4 cm³/mol. The summed E-state index contributed by atoms with van der Waals surface area (Å²) in [5, 5.41) is 19.3. The van der Waals surface area contributed by atoms with Gasteiger partial charge in [-0.25, -0.2) is 4.79 Å². The van der Waals surface area contributed by atoms with Crippen LogP contribution in [0.3, 0.4) is 0 Å². The van der Waals surface area contributed by atoms with E-state index in [2.05, 4.69) is 4.98 Å². The van der Waals surface area contributed by atoms with E-state index in [1.165, 1.54) is 6.20 Å². The fraction of sp³-hybridized carbons (Fsp3) is 0.615. The zero-order valence-electron chi connectivity index (χ0n) is 12.4. The Hall–Kier alpha value is -2.01. The second-order valence-electron chi connectivity index (χ2n) is 4.87. The van der Waals surface area contributed by atoms with E-state index in [0.717, 1.165) is 10.6 Å². The van der Waals surface area contributed by atoms with Gasteiger partial charge in [-0.05, 0) is 0 Å². The number of nitrogens with zero attached hydrogens (tertiary/aromatic N) is 1. The number of aliphatic hydroxyl groups is 2. The van der Waals surface area contributed by atoms with E-state index < -0.39 is 55.2 Å². The first-order valence-corrected chi connectivity index (χ1v) is 7.01. The molecule has 1 saturated heterocycles. The molecule has 2 heterocycles. The van der Waals surface area contributed by atoms with Gasteiger partial charge in [0, 0.05) is 18.7 Å². The molecule has 1 aromatic heterocycles. The molecule has 2 unspecified atom stereocenters. The molecule has 0 bridgehead atoms. The summed E-state index contributed by atoms with van der Waals surface area (Å²) in [7, 11) is 0. The SMILES string of the molecule is CCC(=O)OCOC1C(O)[C@@H](CO)O[C@H]1n1ccc(=O)[nH]c1=O. The number of hydrogen-bond acceptors (Lipinski definition) is 8. The summed E-state index contributed by atoms with van der Waals surface area (Å²) in [6.07, 6.45) is -3.04. The van der Waals surface area contributed by atoms with Gasteiger partial charge < -0.3 is 24.4 Å². The number of carbonyl (C=O) groups excluding carboxylic acids is 1. The number of aliphatic hydroxyl groups excluding tert-OH is 2. The van der Waals surface area contributed by atoms with Crippen molar-refractivity contribution in [3.8, 4) is 0 Å². The zero-order valence-corrected chi connectivity index (χ0v) is 12.4. The lowest BCUT2D eigenvalue weighted by Crippen LogP contribution is -2.39. The Bertz CT molecular complexity index is 654. The number of ether oxygens (including phenoxy) is 3. The summed E-state index contributed by atoms with van der Waals surface area (Å²) >= 11 is 0. The van der Waals surface area contributed by atoms with Crippen LogP contribution < -0.4 is 11.2 Å². The smallest absolute Gasteiger partial charge is 0.330 e. The molecule has 0 saturated carbocycles. The molecule has 1 fully saturated rings. The topological polar surface area (TPSA) is 140 Å². The zero-order chi connectivity index (χ0) is 17.0. The second kappa shape index (κ2) is 7.51. The van der Waals surface area contributed by atoms with Crippen molar-refractivity contribution < 1.29 is 29.2 Å². The number of hydrogen-bond donors (Lipinski definition) is 3. The number of rotatable bonds is 6. The molecule has 0 aromatic carbocycles. The molecule has 4 atom stereocenters. The fourth-order valence-electron chi connectivity index (χ4n) is 2.18. The van der Waals surface area contributed by atoms with E-state index in [0.29, 0.717) is 0 Å². The summed E-state index contributed by atoms with van der Waals surface area (Å²) in [4.78, 5) is 36.1.